The highest BCUT2D eigenvalue weighted by molar-refractivity contribution is 9.10. The average molecular weight is 358 g/mol. The van der Waals surface area contributed by atoms with Gasteiger partial charge >= 0.3 is 5.97 Å². The molecule has 5 nitrogen and oxygen atoms in total. The van der Waals surface area contributed by atoms with Crippen molar-refractivity contribution in [3.8, 4) is 11.5 Å². The first-order chi connectivity index (χ1) is 9.51. The molecule has 0 amide bonds. The van der Waals surface area contributed by atoms with Gasteiger partial charge in [-0.25, -0.2) is 9.78 Å². The number of aryl methyl sites for hydroxylation is 1. The van der Waals surface area contributed by atoms with Gasteiger partial charge in [0.25, 0.3) is 0 Å². The van der Waals surface area contributed by atoms with Crippen LogP contribution in [-0.2, 0) is 6.61 Å². The average Bonchev–Trinajstić information content (AvgIpc) is 2.82. The number of aromatic nitrogens is 1. The van der Waals surface area contributed by atoms with Gasteiger partial charge in [0.15, 0.2) is 11.5 Å². The summed E-state index contributed by atoms with van der Waals surface area (Å²) in [4.78, 5) is 16.1. The molecule has 0 aliphatic heterocycles. The predicted molar refractivity (Wildman–Crippen MR) is 78.8 cm³/mol. The number of benzene rings is 1. The Bertz CT molecular complexity index is 641. The Kier molecular flexibility index (Phi) is 4.61. The number of hydrogen-bond donors (Lipinski definition) is 1. The minimum Gasteiger partial charge on any atom is -0.493 e. The van der Waals surface area contributed by atoms with Gasteiger partial charge in [0.05, 0.1) is 27.0 Å². The number of methoxy groups -OCH3 is 1. The lowest BCUT2D eigenvalue weighted by atomic mass is 10.2. The van der Waals surface area contributed by atoms with Gasteiger partial charge in [-0.1, -0.05) is 0 Å². The maximum Gasteiger partial charge on any atom is 0.335 e. The fourth-order valence-corrected chi connectivity index (χ4v) is 2.86. The molecule has 0 bridgehead atoms. The quantitative estimate of drug-likeness (QED) is 0.886. The summed E-state index contributed by atoms with van der Waals surface area (Å²) in [6.07, 6.45) is 1.76. The fraction of sp³-hybridized carbons (Fsp3) is 0.231. The molecule has 1 aromatic heterocycles. The standard InChI is InChI=1S/C13H12BrNO4S/c1-7-15-5-9(20-7)6-19-12-10(14)3-8(13(16)17)4-11(12)18-2/h3-5H,6H2,1-2H3,(H,16,17). The topological polar surface area (TPSA) is 68.7 Å². The first-order valence-corrected chi connectivity index (χ1v) is 7.27. The number of carbonyl (C=O) groups is 1. The van der Waals surface area contributed by atoms with Crippen molar-refractivity contribution in [1.82, 2.24) is 4.98 Å². The van der Waals surface area contributed by atoms with Crippen molar-refractivity contribution in [3.63, 3.8) is 0 Å². The summed E-state index contributed by atoms with van der Waals surface area (Å²) in [7, 11) is 1.47. The Morgan fingerprint density at radius 1 is 1.50 bits per heavy atom. The van der Waals surface area contributed by atoms with Crippen molar-refractivity contribution < 1.29 is 19.4 Å². The van der Waals surface area contributed by atoms with Crippen LogP contribution < -0.4 is 9.47 Å². The van der Waals surface area contributed by atoms with E-state index in [0.717, 1.165) is 9.88 Å². The number of hydrogen-bond acceptors (Lipinski definition) is 5. The van der Waals surface area contributed by atoms with Crippen molar-refractivity contribution in [2.24, 2.45) is 0 Å². The van der Waals surface area contributed by atoms with Crippen molar-refractivity contribution >= 4 is 33.2 Å². The molecular weight excluding hydrogens is 346 g/mol. The van der Waals surface area contributed by atoms with Gasteiger partial charge in [-0.2, -0.15) is 0 Å². The number of ether oxygens (including phenoxy) is 2. The zero-order valence-corrected chi connectivity index (χ0v) is 13.2. The zero-order valence-electron chi connectivity index (χ0n) is 10.8. The van der Waals surface area contributed by atoms with E-state index in [1.54, 1.807) is 17.5 Å². The SMILES string of the molecule is COc1cc(C(=O)O)cc(Br)c1OCc1cnc(C)s1. The second-order valence-corrected chi connectivity index (χ2v) is 6.10. The van der Waals surface area contributed by atoms with E-state index in [9.17, 15) is 4.79 Å². The number of nitrogens with zero attached hydrogens (tertiary/aromatic N) is 1. The molecule has 0 unspecified atom stereocenters. The van der Waals surface area contributed by atoms with Crippen LogP contribution >= 0.6 is 27.3 Å². The highest BCUT2D eigenvalue weighted by Gasteiger charge is 2.15. The smallest absolute Gasteiger partial charge is 0.335 e. The largest absolute Gasteiger partial charge is 0.493 e. The summed E-state index contributed by atoms with van der Waals surface area (Å²) >= 11 is 4.85. The van der Waals surface area contributed by atoms with Crippen LogP contribution in [0, 0.1) is 6.92 Å². The highest BCUT2D eigenvalue weighted by atomic mass is 79.9. The number of carboxylic acids is 1. The molecule has 0 radical (unpaired) electrons. The Hall–Kier alpha value is -1.60. The van der Waals surface area contributed by atoms with Crippen LogP contribution in [-0.4, -0.2) is 23.2 Å². The van der Waals surface area contributed by atoms with E-state index in [2.05, 4.69) is 20.9 Å². The molecule has 106 valence electrons. The van der Waals surface area contributed by atoms with E-state index in [1.807, 2.05) is 6.92 Å². The lowest BCUT2D eigenvalue weighted by Crippen LogP contribution is -2.01. The zero-order chi connectivity index (χ0) is 14.7. The van der Waals surface area contributed by atoms with Crippen LogP contribution in [0.4, 0.5) is 0 Å². The third-order valence-corrected chi connectivity index (χ3v) is 3.98. The fourth-order valence-electron chi connectivity index (χ4n) is 1.60. The van der Waals surface area contributed by atoms with Crippen molar-refractivity contribution in [3.05, 3.63) is 38.3 Å². The number of halogens is 1. The molecule has 0 saturated carbocycles. The van der Waals surface area contributed by atoms with E-state index in [0.29, 0.717) is 22.6 Å². The number of carboxylic acid groups (broad SMARTS) is 1. The molecule has 0 atom stereocenters. The molecule has 2 rings (SSSR count). The molecule has 0 saturated heterocycles. The van der Waals surface area contributed by atoms with E-state index in [-0.39, 0.29) is 5.56 Å². The molecule has 1 heterocycles. The molecule has 2 aromatic rings. The van der Waals surface area contributed by atoms with Crippen LogP contribution in [0.25, 0.3) is 0 Å². The number of aromatic carboxylic acids is 1. The van der Waals surface area contributed by atoms with Crippen molar-refractivity contribution in [1.29, 1.82) is 0 Å². The Morgan fingerprint density at radius 2 is 2.25 bits per heavy atom. The minimum absolute atomic E-state index is 0.134. The summed E-state index contributed by atoms with van der Waals surface area (Å²) in [5.74, 6) is -0.171. The monoisotopic (exact) mass is 357 g/mol. The van der Waals surface area contributed by atoms with Crippen molar-refractivity contribution in [2.45, 2.75) is 13.5 Å². The van der Waals surface area contributed by atoms with Crippen LogP contribution in [0.2, 0.25) is 0 Å². The summed E-state index contributed by atoms with van der Waals surface area (Å²) in [5.41, 5.74) is 0.134. The highest BCUT2D eigenvalue weighted by Crippen LogP contribution is 2.37. The number of rotatable bonds is 5. The van der Waals surface area contributed by atoms with Gasteiger partial charge in [0.1, 0.15) is 6.61 Å². The second-order valence-electron chi connectivity index (χ2n) is 3.93. The third kappa shape index (κ3) is 3.29. The molecule has 0 fully saturated rings. The van der Waals surface area contributed by atoms with Gasteiger partial charge in [-0.3, -0.25) is 0 Å². The van der Waals surface area contributed by atoms with E-state index in [4.69, 9.17) is 14.6 Å². The lowest BCUT2D eigenvalue weighted by molar-refractivity contribution is 0.0696. The van der Waals surface area contributed by atoms with E-state index in [1.165, 1.54) is 19.2 Å². The molecular formula is C13H12BrNO4S. The third-order valence-electron chi connectivity index (χ3n) is 2.50. The van der Waals surface area contributed by atoms with E-state index < -0.39 is 5.97 Å². The summed E-state index contributed by atoms with van der Waals surface area (Å²) in [6, 6.07) is 2.92. The summed E-state index contributed by atoms with van der Waals surface area (Å²) in [5, 5.41) is 9.98. The predicted octanol–water partition coefficient (Wildman–Crippen LogP) is 3.50. The van der Waals surface area contributed by atoms with Gasteiger partial charge in [0.2, 0.25) is 0 Å². The van der Waals surface area contributed by atoms with Crippen molar-refractivity contribution in [2.75, 3.05) is 7.11 Å². The number of thiazole rings is 1. The Balaban J connectivity index is 2.24. The summed E-state index contributed by atoms with van der Waals surface area (Å²) < 4.78 is 11.4. The van der Waals surface area contributed by atoms with Gasteiger partial charge < -0.3 is 14.6 Å². The molecule has 1 aromatic carbocycles. The first kappa shape index (κ1) is 14.8. The molecule has 0 spiro atoms. The van der Waals surface area contributed by atoms with Crippen LogP contribution in [0.15, 0.2) is 22.8 Å². The molecule has 0 aliphatic rings. The van der Waals surface area contributed by atoms with Crippen LogP contribution in [0.1, 0.15) is 20.2 Å². The molecule has 0 aliphatic carbocycles. The second kappa shape index (κ2) is 6.23. The molecule has 1 N–H and O–H groups in total. The lowest BCUT2D eigenvalue weighted by Gasteiger charge is -2.12. The Morgan fingerprint density at radius 3 is 2.80 bits per heavy atom. The maximum atomic E-state index is 11.0. The van der Waals surface area contributed by atoms with Crippen LogP contribution in [0.5, 0.6) is 11.5 Å². The maximum absolute atomic E-state index is 11.0. The normalized spacial score (nSPS) is 10.3. The van der Waals surface area contributed by atoms with Gasteiger partial charge in [-0.15, -0.1) is 11.3 Å². The summed E-state index contributed by atoms with van der Waals surface area (Å²) in [6.45, 7) is 2.28. The van der Waals surface area contributed by atoms with Gasteiger partial charge in [-0.05, 0) is 35.0 Å². The Labute approximate surface area is 128 Å². The molecule has 20 heavy (non-hydrogen) atoms. The molecule has 7 heteroatoms. The van der Waals surface area contributed by atoms with Crippen LogP contribution in [0.3, 0.4) is 0 Å². The van der Waals surface area contributed by atoms with E-state index >= 15 is 0 Å². The first-order valence-electron chi connectivity index (χ1n) is 5.66. The minimum atomic E-state index is -1.02. The van der Waals surface area contributed by atoms with Gasteiger partial charge in [0, 0.05) is 6.20 Å².